The number of esters is 2. The SMILES string of the molecule is CCCCCCCCCCCCCCCCOc1ccc(C(=O)Oc2ccc(C#Cc3ccc(C(=O)OC(C)CCCCCCC)cc3)cc2)cc1. The lowest BCUT2D eigenvalue weighted by Gasteiger charge is -2.13. The molecule has 0 heterocycles. The van der Waals surface area contributed by atoms with E-state index < -0.39 is 5.97 Å². The second-order valence-electron chi connectivity index (χ2n) is 14.1. The van der Waals surface area contributed by atoms with Crippen LogP contribution in [0.3, 0.4) is 0 Å². The molecule has 0 aliphatic rings. The second kappa shape index (κ2) is 26.7. The van der Waals surface area contributed by atoms with Crippen LogP contribution in [0.25, 0.3) is 0 Å². The predicted molar refractivity (Wildman–Crippen MR) is 214 cm³/mol. The Hall–Kier alpha value is -4.04. The van der Waals surface area contributed by atoms with Crippen molar-refractivity contribution in [1.29, 1.82) is 0 Å². The topological polar surface area (TPSA) is 61.8 Å². The van der Waals surface area contributed by atoms with Crippen molar-refractivity contribution < 1.29 is 23.8 Å². The summed E-state index contributed by atoms with van der Waals surface area (Å²) < 4.78 is 17.1. The van der Waals surface area contributed by atoms with Crippen LogP contribution in [-0.2, 0) is 4.74 Å². The summed E-state index contributed by atoms with van der Waals surface area (Å²) in [6, 6.07) is 21.4. The Bertz CT molecular complexity index is 1450. The van der Waals surface area contributed by atoms with Crippen molar-refractivity contribution in [2.75, 3.05) is 6.61 Å². The van der Waals surface area contributed by atoms with E-state index in [0.717, 1.165) is 36.1 Å². The van der Waals surface area contributed by atoms with Crippen molar-refractivity contribution in [2.24, 2.45) is 0 Å². The van der Waals surface area contributed by atoms with Crippen LogP contribution in [0.5, 0.6) is 11.5 Å². The summed E-state index contributed by atoms with van der Waals surface area (Å²) in [7, 11) is 0. The lowest BCUT2D eigenvalue weighted by atomic mass is 10.0. The van der Waals surface area contributed by atoms with E-state index in [-0.39, 0.29) is 12.1 Å². The molecule has 3 aromatic rings. The summed E-state index contributed by atoms with van der Waals surface area (Å²) in [6.45, 7) is 7.13. The summed E-state index contributed by atoms with van der Waals surface area (Å²) in [5.41, 5.74) is 2.58. The molecule has 0 amide bonds. The van der Waals surface area contributed by atoms with Gasteiger partial charge in [0.1, 0.15) is 11.5 Å². The van der Waals surface area contributed by atoms with Gasteiger partial charge in [0.15, 0.2) is 0 Å². The number of hydrogen-bond acceptors (Lipinski definition) is 5. The monoisotopic (exact) mass is 708 g/mol. The molecule has 282 valence electrons. The zero-order valence-corrected chi connectivity index (χ0v) is 32.4. The lowest BCUT2D eigenvalue weighted by Crippen LogP contribution is -2.15. The fourth-order valence-electron chi connectivity index (χ4n) is 6.13. The second-order valence-corrected chi connectivity index (χ2v) is 14.1. The minimum atomic E-state index is -0.419. The third-order valence-corrected chi connectivity index (χ3v) is 9.42. The standard InChI is InChI=1S/C47H64O5/c1-4-6-8-10-11-12-13-14-15-16-17-18-20-22-38-50-44-36-32-43(33-37-44)47(49)52-45-34-28-41(29-35-45)25-24-40-26-30-42(31-27-40)46(48)51-39(3)23-21-19-9-7-5-2/h26-37,39H,4-23,38H2,1-3H3. The summed E-state index contributed by atoms with van der Waals surface area (Å²) >= 11 is 0. The Kier molecular flexibility index (Phi) is 21.8. The minimum Gasteiger partial charge on any atom is -0.494 e. The third kappa shape index (κ3) is 18.5. The van der Waals surface area contributed by atoms with Crippen LogP contribution in [-0.4, -0.2) is 24.6 Å². The van der Waals surface area contributed by atoms with Crippen LogP contribution in [0.2, 0.25) is 0 Å². The van der Waals surface area contributed by atoms with Gasteiger partial charge >= 0.3 is 11.9 Å². The molecular formula is C47H64O5. The Balaban J connectivity index is 1.29. The van der Waals surface area contributed by atoms with Gasteiger partial charge in [-0.2, -0.15) is 0 Å². The van der Waals surface area contributed by atoms with Gasteiger partial charge in [-0.25, -0.2) is 9.59 Å². The molecule has 0 saturated heterocycles. The molecule has 52 heavy (non-hydrogen) atoms. The Morgan fingerprint density at radius 1 is 0.500 bits per heavy atom. The van der Waals surface area contributed by atoms with Gasteiger partial charge in [-0.05, 0) is 99.0 Å². The maximum Gasteiger partial charge on any atom is 0.343 e. The van der Waals surface area contributed by atoms with E-state index in [4.69, 9.17) is 14.2 Å². The van der Waals surface area contributed by atoms with E-state index in [9.17, 15) is 9.59 Å². The first-order valence-corrected chi connectivity index (χ1v) is 20.4. The van der Waals surface area contributed by atoms with Crippen molar-refractivity contribution in [2.45, 2.75) is 155 Å². The molecule has 0 N–H and O–H groups in total. The highest BCUT2D eigenvalue weighted by atomic mass is 16.5. The highest BCUT2D eigenvalue weighted by Crippen LogP contribution is 2.18. The first-order chi connectivity index (χ1) is 25.5. The average molecular weight is 709 g/mol. The van der Waals surface area contributed by atoms with E-state index in [1.54, 1.807) is 36.4 Å². The number of carbonyl (C=O) groups is 2. The molecule has 0 saturated carbocycles. The molecule has 0 aliphatic heterocycles. The molecule has 3 rings (SSSR count). The van der Waals surface area contributed by atoms with Crippen LogP contribution in [0.1, 0.15) is 181 Å². The quantitative estimate of drug-likeness (QED) is 0.0359. The Labute approximate surface area is 315 Å². The van der Waals surface area contributed by atoms with Gasteiger partial charge in [0.2, 0.25) is 0 Å². The van der Waals surface area contributed by atoms with Gasteiger partial charge in [0, 0.05) is 11.1 Å². The average Bonchev–Trinajstić information content (AvgIpc) is 3.16. The van der Waals surface area contributed by atoms with Gasteiger partial charge in [0.05, 0.1) is 23.8 Å². The Morgan fingerprint density at radius 2 is 0.904 bits per heavy atom. The van der Waals surface area contributed by atoms with Gasteiger partial charge in [-0.1, -0.05) is 135 Å². The lowest BCUT2D eigenvalue weighted by molar-refractivity contribution is 0.0319. The molecule has 1 atom stereocenters. The van der Waals surface area contributed by atoms with E-state index in [1.807, 2.05) is 43.3 Å². The fraction of sp³-hybridized carbons (Fsp3) is 0.532. The van der Waals surface area contributed by atoms with Gasteiger partial charge in [-0.3, -0.25) is 0 Å². The van der Waals surface area contributed by atoms with Gasteiger partial charge < -0.3 is 14.2 Å². The maximum atomic E-state index is 12.7. The summed E-state index contributed by atoms with van der Waals surface area (Å²) in [4.78, 5) is 25.2. The van der Waals surface area contributed by atoms with Crippen molar-refractivity contribution in [3.63, 3.8) is 0 Å². The van der Waals surface area contributed by atoms with E-state index in [1.165, 1.54) is 109 Å². The predicted octanol–water partition coefficient (Wildman–Crippen LogP) is 13.1. The van der Waals surface area contributed by atoms with Crippen LogP contribution < -0.4 is 9.47 Å². The van der Waals surface area contributed by atoms with Crippen molar-refractivity contribution in [3.8, 4) is 23.3 Å². The highest BCUT2D eigenvalue weighted by molar-refractivity contribution is 5.91. The largest absolute Gasteiger partial charge is 0.494 e. The van der Waals surface area contributed by atoms with E-state index in [0.29, 0.717) is 23.5 Å². The first kappa shape index (κ1) is 42.4. The summed E-state index contributed by atoms with van der Waals surface area (Å²) in [5, 5.41) is 0. The zero-order valence-electron chi connectivity index (χ0n) is 32.4. The summed E-state index contributed by atoms with van der Waals surface area (Å²) in [5.74, 6) is 6.75. The maximum absolute atomic E-state index is 12.7. The normalized spacial score (nSPS) is 11.4. The number of hydrogen-bond donors (Lipinski definition) is 0. The van der Waals surface area contributed by atoms with E-state index in [2.05, 4.69) is 25.7 Å². The number of rotatable bonds is 26. The van der Waals surface area contributed by atoms with Crippen molar-refractivity contribution >= 4 is 11.9 Å². The number of benzene rings is 3. The molecule has 0 spiro atoms. The van der Waals surface area contributed by atoms with Gasteiger partial charge in [-0.15, -0.1) is 0 Å². The molecule has 0 aromatic heterocycles. The fourth-order valence-corrected chi connectivity index (χ4v) is 6.13. The van der Waals surface area contributed by atoms with Crippen LogP contribution in [0, 0.1) is 11.8 Å². The van der Waals surface area contributed by atoms with Crippen molar-refractivity contribution in [1.82, 2.24) is 0 Å². The third-order valence-electron chi connectivity index (χ3n) is 9.42. The molecule has 1 unspecified atom stereocenters. The Morgan fingerprint density at radius 3 is 1.42 bits per heavy atom. The number of ether oxygens (including phenoxy) is 3. The van der Waals surface area contributed by atoms with Crippen LogP contribution >= 0.6 is 0 Å². The molecule has 0 bridgehead atoms. The molecule has 0 fully saturated rings. The van der Waals surface area contributed by atoms with E-state index >= 15 is 0 Å². The minimum absolute atomic E-state index is 0.0931. The van der Waals surface area contributed by atoms with Gasteiger partial charge in [0.25, 0.3) is 0 Å². The highest BCUT2D eigenvalue weighted by Gasteiger charge is 2.12. The molecule has 0 aliphatic carbocycles. The molecule has 0 radical (unpaired) electrons. The number of unbranched alkanes of at least 4 members (excludes halogenated alkanes) is 17. The smallest absolute Gasteiger partial charge is 0.343 e. The number of carbonyl (C=O) groups excluding carboxylic acids is 2. The summed E-state index contributed by atoms with van der Waals surface area (Å²) in [6.07, 6.45) is 25.5. The zero-order chi connectivity index (χ0) is 37.1. The van der Waals surface area contributed by atoms with Crippen molar-refractivity contribution in [3.05, 3.63) is 95.1 Å². The molecule has 5 heteroatoms. The molecular weight excluding hydrogens is 645 g/mol. The molecule has 5 nitrogen and oxygen atoms in total. The van der Waals surface area contributed by atoms with Crippen LogP contribution in [0.15, 0.2) is 72.8 Å². The first-order valence-electron chi connectivity index (χ1n) is 20.4. The molecule has 3 aromatic carbocycles. The van der Waals surface area contributed by atoms with Crippen LogP contribution in [0.4, 0.5) is 0 Å².